The third-order valence-corrected chi connectivity index (χ3v) is 4.23. The van der Waals surface area contributed by atoms with E-state index < -0.39 is 23.6 Å². The maximum absolute atomic E-state index is 13.3. The lowest BCUT2D eigenvalue weighted by molar-refractivity contribution is -0.162. The molecular weight excluding hydrogens is 384 g/mol. The summed E-state index contributed by atoms with van der Waals surface area (Å²) in [5.74, 6) is -4.31. The van der Waals surface area contributed by atoms with Gasteiger partial charge < -0.3 is 14.4 Å². The van der Waals surface area contributed by atoms with E-state index in [-0.39, 0.29) is 18.8 Å². The minimum Gasteiger partial charge on any atom is -0.465 e. The Bertz CT molecular complexity index is 887. The topological polar surface area (TPSA) is 85.8 Å². The Kier molecular flexibility index (Phi) is 8.29. The molecule has 158 valence electrons. The molecule has 0 bridgehead atoms. The second-order valence-electron chi connectivity index (χ2n) is 6.56. The Balaban J connectivity index is 2.53. The molecule has 2 rings (SSSR count). The SMILES string of the molecule is CCOC(=O)C(C(=O)OCC)C(=O)/C(=C/c1ccc(N(C)C)cc1)c1ccccn1. The highest BCUT2D eigenvalue weighted by atomic mass is 16.6. The molecule has 0 aliphatic carbocycles. The molecule has 7 nitrogen and oxygen atoms in total. The lowest BCUT2D eigenvalue weighted by Gasteiger charge is -2.16. The highest BCUT2D eigenvalue weighted by Gasteiger charge is 2.39. The molecule has 0 spiro atoms. The number of ether oxygens (including phenoxy) is 2. The third kappa shape index (κ3) is 5.76. The van der Waals surface area contributed by atoms with Crippen LogP contribution in [0.5, 0.6) is 0 Å². The minimum absolute atomic E-state index is 0.0383. The number of anilines is 1. The van der Waals surface area contributed by atoms with E-state index in [0.717, 1.165) is 11.3 Å². The molecule has 1 aromatic carbocycles. The van der Waals surface area contributed by atoms with Crippen molar-refractivity contribution in [3.63, 3.8) is 0 Å². The summed E-state index contributed by atoms with van der Waals surface area (Å²) in [4.78, 5) is 44.3. The number of Topliss-reactive ketones (excluding diaryl/α,β-unsaturated/α-hetero) is 1. The molecule has 0 fully saturated rings. The van der Waals surface area contributed by atoms with E-state index >= 15 is 0 Å². The average molecular weight is 410 g/mol. The van der Waals surface area contributed by atoms with Crippen LogP contribution in [0.25, 0.3) is 11.6 Å². The van der Waals surface area contributed by atoms with Crippen molar-refractivity contribution in [3.8, 4) is 0 Å². The van der Waals surface area contributed by atoms with Crippen LogP contribution in [0.2, 0.25) is 0 Å². The zero-order valence-electron chi connectivity index (χ0n) is 17.6. The first-order chi connectivity index (χ1) is 14.4. The van der Waals surface area contributed by atoms with Crippen LogP contribution in [0, 0.1) is 5.92 Å². The Labute approximate surface area is 176 Å². The molecule has 0 N–H and O–H groups in total. The van der Waals surface area contributed by atoms with Gasteiger partial charge in [0, 0.05) is 31.6 Å². The summed E-state index contributed by atoms with van der Waals surface area (Å²) in [6, 6.07) is 12.6. The first-order valence-corrected chi connectivity index (χ1v) is 9.67. The van der Waals surface area contributed by atoms with Crippen molar-refractivity contribution < 1.29 is 23.9 Å². The Hall–Kier alpha value is -3.48. The fourth-order valence-corrected chi connectivity index (χ4v) is 2.75. The molecule has 2 aromatic rings. The number of pyridine rings is 1. The van der Waals surface area contributed by atoms with Crippen molar-refractivity contribution >= 4 is 35.1 Å². The number of aromatic nitrogens is 1. The molecular formula is C23H26N2O5. The van der Waals surface area contributed by atoms with Gasteiger partial charge >= 0.3 is 11.9 Å². The van der Waals surface area contributed by atoms with Crippen molar-refractivity contribution in [2.45, 2.75) is 13.8 Å². The van der Waals surface area contributed by atoms with Crippen LogP contribution < -0.4 is 4.90 Å². The van der Waals surface area contributed by atoms with Gasteiger partial charge in [0.25, 0.3) is 0 Å². The average Bonchev–Trinajstić information content (AvgIpc) is 2.73. The number of esters is 2. The van der Waals surface area contributed by atoms with E-state index in [9.17, 15) is 14.4 Å². The molecule has 0 unspecified atom stereocenters. The standard InChI is InChI=1S/C23H26N2O5/c1-5-29-22(27)20(23(28)30-6-2)21(26)18(19-9-7-8-14-24-19)15-16-10-12-17(13-11-16)25(3)4/h7-15,20H,5-6H2,1-4H3/b18-15+. The fraction of sp³-hybridized carbons (Fsp3) is 0.304. The van der Waals surface area contributed by atoms with Gasteiger partial charge in [0.2, 0.25) is 5.92 Å². The van der Waals surface area contributed by atoms with Crippen LogP contribution in [-0.4, -0.2) is 50.0 Å². The number of allylic oxidation sites excluding steroid dienone is 1. The second-order valence-corrected chi connectivity index (χ2v) is 6.56. The quantitative estimate of drug-likeness (QED) is 0.357. The highest BCUT2D eigenvalue weighted by Crippen LogP contribution is 2.24. The van der Waals surface area contributed by atoms with E-state index in [1.54, 1.807) is 38.1 Å². The molecule has 0 radical (unpaired) electrons. The van der Waals surface area contributed by atoms with E-state index in [4.69, 9.17) is 9.47 Å². The van der Waals surface area contributed by atoms with Crippen LogP contribution in [0.1, 0.15) is 25.1 Å². The number of benzene rings is 1. The van der Waals surface area contributed by atoms with Gasteiger partial charge in [-0.05, 0) is 49.8 Å². The maximum Gasteiger partial charge on any atom is 0.328 e. The predicted octanol–water partition coefficient (Wildman–Crippen LogP) is 3.00. The first kappa shape index (κ1) is 22.8. The van der Waals surface area contributed by atoms with Gasteiger partial charge in [-0.3, -0.25) is 19.4 Å². The molecule has 0 aliphatic rings. The number of hydrogen-bond donors (Lipinski definition) is 0. The molecule has 0 atom stereocenters. The summed E-state index contributed by atoms with van der Waals surface area (Å²) in [7, 11) is 3.86. The highest BCUT2D eigenvalue weighted by molar-refractivity contribution is 6.35. The maximum atomic E-state index is 13.3. The normalized spacial score (nSPS) is 11.2. The number of rotatable bonds is 9. The zero-order chi connectivity index (χ0) is 22.1. The second kappa shape index (κ2) is 10.9. The van der Waals surface area contributed by atoms with E-state index in [1.807, 2.05) is 43.3 Å². The Morgan fingerprint density at radius 2 is 1.57 bits per heavy atom. The predicted molar refractivity (Wildman–Crippen MR) is 115 cm³/mol. The van der Waals surface area contributed by atoms with Crippen molar-refractivity contribution in [2.75, 3.05) is 32.2 Å². The van der Waals surface area contributed by atoms with Gasteiger partial charge in [-0.2, -0.15) is 0 Å². The fourth-order valence-electron chi connectivity index (χ4n) is 2.75. The van der Waals surface area contributed by atoms with Crippen molar-refractivity contribution in [3.05, 3.63) is 59.9 Å². The Morgan fingerprint density at radius 3 is 2.03 bits per heavy atom. The van der Waals surface area contributed by atoms with Gasteiger partial charge in [-0.25, -0.2) is 0 Å². The summed E-state index contributed by atoms with van der Waals surface area (Å²) in [6.07, 6.45) is 3.14. The van der Waals surface area contributed by atoms with Crippen molar-refractivity contribution in [2.24, 2.45) is 5.92 Å². The number of hydrogen-bond acceptors (Lipinski definition) is 7. The molecule has 7 heteroatoms. The molecule has 0 amide bonds. The van der Waals surface area contributed by atoms with Gasteiger partial charge in [-0.1, -0.05) is 18.2 Å². The van der Waals surface area contributed by atoms with Crippen LogP contribution >= 0.6 is 0 Å². The third-order valence-electron chi connectivity index (χ3n) is 4.23. The number of nitrogens with zero attached hydrogens (tertiary/aromatic N) is 2. The van der Waals surface area contributed by atoms with Crippen LogP contribution in [-0.2, 0) is 23.9 Å². The van der Waals surface area contributed by atoms with Crippen molar-refractivity contribution in [1.82, 2.24) is 4.98 Å². The number of carbonyl (C=O) groups is 3. The van der Waals surface area contributed by atoms with Gasteiger partial charge in [0.05, 0.1) is 18.9 Å². The lowest BCUT2D eigenvalue weighted by Crippen LogP contribution is -2.35. The summed E-state index contributed by atoms with van der Waals surface area (Å²) in [6.45, 7) is 3.28. The first-order valence-electron chi connectivity index (χ1n) is 9.67. The Morgan fingerprint density at radius 1 is 0.967 bits per heavy atom. The van der Waals surface area contributed by atoms with E-state index in [1.165, 1.54) is 6.20 Å². The molecule has 1 heterocycles. The summed E-state index contributed by atoms with van der Waals surface area (Å²) < 4.78 is 9.91. The molecule has 1 aromatic heterocycles. The van der Waals surface area contributed by atoms with E-state index in [0.29, 0.717) is 5.69 Å². The van der Waals surface area contributed by atoms with E-state index in [2.05, 4.69) is 4.98 Å². The van der Waals surface area contributed by atoms with Crippen LogP contribution in [0.3, 0.4) is 0 Å². The number of ketones is 1. The number of carbonyl (C=O) groups excluding carboxylic acids is 3. The molecule has 0 aliphatic heterocycles. The molecule has 0 saturated heterocycles. The van der Waals surface area contributed by atoms with Gasteiger partial charge in [-0.15, -0.1) is 0 Å². The van der Waals surface area contributed by atoms with Crippen LogP contribution in [0.15, 0.2) is 48.7 Å². The molecule has 0 saturated carbocycles. The largest absolute Gasteiger partial charge is 0.465 e. The molecule has 30 heavy (non-hydrogen) atoms. The smallest absolute Gasteiger partial charge is 0.328 e. The van der Waals surface area contributed by atoms with Gasteiger partial charge in [0.1, 0.15) is 0 Å². The monoisotopic (exact) mass is 410 g/mol. The summed E-state index contributed by atoms with van der Waals surface area (Å²) in [5.41, 5.74) is 2.19. The summed E-state index contributed by atoms with van der Waals surface area (Å²) >= 11 is 0. The van der Waals surface area contributed by atoms with Gasteiger partial charge in [0.15, 0.2) is 5.78 Å². The van der Waals surface area contributed by atoms with Crippen molar-refractivity contribution in [1.29, 1.82) is 0 Å². The minimum atomic E-state index is -1.71. The summed E-state index contributed by atoms with van der Waals surface area (Å²) in [5, 5.41) is 0. The zero-order valence-corrected chi connectivity index (χ0v) is 17.6. The lowest BCUT2D eigenvalue weighted by atomic mass is 9.93. The van der Waals surface area contributed by atoms with Crippen LogP contribution in [0.4, 0.5) is 5.69 Å².